The molecule has 6 rings (SSSR count). The van der Waals surface area contributed by atoms with Crippen molar-refractivity contribution in [2.45, 2.75) is 24.4 Å². The van der Waals surface area contributed by atoms with Crippen molar-refractivity contribution in [3.63, 3.8) is 0 Å². The van der Waals surface area contributed by atoms with E-state index in [2.05, 4.69) is 10.4 Å². The molecule has 0 saturated carbocycles. The fraction of sp³-hybridized carbons (Fsp3) is 0.250. The van der Waals surface area contributed by atoms with Crippen LogP contribution >= 0.6 is 11.3 Å². The molecule has 2 aromatic heterocycles. The van der Waals surface area contributed by atoms with Crippen molar-refractivity contribution < 1.29 is 23.5 Å². The van der Waals surface area contributed by atoms with Gasteiger partial charge in [-0.2, -0.15) is 5.10 Å². The van der Waals surface area contributed by atoms with Crippen LogP contribution in [0.4, 0.5) is 4.79 Å². The monoisotopic (exact) mass is 476 g/mol. The number of imide groups is 1. The summed E-state index contributed by atoms with van der Waals surface area (Å²) in [6.07, 6.45) is 2.33. The maximum absolute atomic E-state index is 13.5. The highest BCUT2D eigenvalue weighted by atomic mass is 32.1. The Kier molecular flexibility index (Phi) is 4.77. The molecular formula is C24H20N4O5S. The summed E-state index contributed by atoms with van der Waals surface area (Å²) < 4.78 is 11.2. The maximum atomic E-state index is 13.5. The van der Waals surface area contributed by atoms with Gasteiger partial charge in [0.1, 0.15) is 23.8 Å². The van der Waals surface area contributed by atoms with Gasteiger partial charge in [-0.1, -0.05) is 24.3 Å². The van der Waals surface area contributed by atoms with Crippen LogP contribution in [0.2, 0.25) is 0 Å². The van der Waals surface area contributed by atoms with Gasteiger partial charge in [-0.25, -0.2) is 9.80 Å². The number of nitrogens with one attached hydrogen (secondary N) is 1. The molecule has 4 amide bonds. The van der Waals surface area contributed by atoms with E-state index in [4.69, 9.17) is 9.15 Å². The fourth-order valence-electron chi connectivity index (χ4n) is 4.76. The molecule has 34 heavy (non-hydrogen) atoms. The molecular weight excluding hydrogens is 456 g/mol. The molecule has 3 aliphatic heterocycles. The lowest BCUT2D eigenvalue weighted by Crippen LogP contribution is -2.48. The predicted molar refractivity (Wildman–Crippen MR) is 122 cm³/mol. The Morgan fingerprint density at radius 3 is 2.85 bits per heavy atom. The Bertz CT molecular complexity index is 1300. The van der Waals surface area contributed by atoms with Gasteiger partial charge in [0.25, 0.3) is 11.8 Å². The van der Waals surface area contributed by atoms with E-state index in [0.29, 0.717) is 35.6 Å². The summed E-state index contributed by atoms with van der Waals surface area (Å²) in [5.74, 6) is 0.245. The Balaban J connectivity index is 1.29. The zero-order chi connectivity index (χ0) is 23.3. The summed E-state index contributed by atoms with van der Waals surface area (Å²) in [7, 11) is 0. The molecule has 0 radical (unpaired) electrons. The lowest BCUT2D eigenvalue weighted by molar-refractivity contribution is -0.140. The number of hydrazone groups is 1. The minimum Gasteiger partial charge on any atom is -0.493 e. The van der Waals surface area contributed by atoms with Crippen LogP contribution in [0, 0.1) is 0 Å². The smallest absolute Gasteiger partial charge is 0.325 e. The number of thiophene rings is 1. The average molecular weight is 477 g/mol. The maximum Gasteiger partial charge on any atom is 0.325 e. The number of benzene rings is 1. The van der Waals surface area contributed by atoms with Gasteiger partial charge in [0.2, 0.25) is 0 Å². The largest absolute Gasteiger partial charge is 0.493 e. The molecule has 1 spiro atoms. The number of ether oxygens (including phenoxy) is 1. The summed E-state index contributed by atoms with van der Waals surface area (Å²) in [6, 6.07) is 13.6. The molecule has 9 nitrogen and oxygen atoms in total. The van der Waals surface area contributed by atoms with Crippen molar-refractivity contribution in [3.05, 3.63) is 76.4 Å². The second-order valence-electron chi connectivity index (χ2n) is 8.32. The molecule has 1 fully saturated rings. The number of furan rings is 1. The third kappa shape index (κ3) is 3.13. The van der Waals surface area contributed by atoms with E-state index in [1.165, 1.54) is 16.3 Å². The molecule has 0 bridgehead atoms. The first-order valence-electron chi connectivity index (χ1n) is 10.9. The number of nitrogens with zero attached hydrogens (tertiary/aromatic N) is 3. The summed E-state index contributed by atoms with van der Waals surface area (Å²) in [5, 5.41) is 10.7. The van der Waals surface area contributed by atoms with Crippen LogP contribution in [0.3, 0.4) is 0 Å². The standard InChI is InChI=1S/C24H20N4O5S/c29-21(28-17(20-8-4-12-34-20)13-16(26-28)19-7-3-10-32-19)14-27-22(30)24(25-23(27)31)9-11-33-18-6-2-1-5-15(18)24/h1-8,10,12,17H,9,11,13-14H2,(H,25,31). The van der Waals surface area contributed by atoms with E-state index < -0.39 is 29.9 Å². The van der Waals surface area contributed by atoms with E-state index in [0.717, 1.165) is 9.78 Å². The van der Waals surface area contributed by atoms with E-state index in [-0.39, 0.29) is 12.6 Å². The van der Waals surface area contributed by atoms with Gasteiger partial charge in [0.15, 0.2) is 5.54 Å². The second-order valence-corrected chi connectivity index (χ2v) is 9.30. The van der Waals surface area contributed by atoms with Crippen LogP contribution in [0.1, 0.15) is 35.1 Å². The molecule has 1 saturated heterocycles. The van der Waals surface area contributed by atoms with Gasteiger partial charge in [-0.3, -0.25) is 14.5 Å². The van der Waals surface area contributed by atoms with Crippen LogP contribution in [0.5, 0.6) is 5.75 Å². The first kappa shape index (κ1) is 20.7. The lowest BCUT2D eigenvalue weighted by atomic mass is 9.84. The van der Waals surface area contributed by atoms with Gasteiger partial charge >= 0.3 is 6.03 Å². The van der Waals surface area contributed by atoms with Crippen molar-refractivity contribution in [1.29, 1.82) is 0 Å². The zero-order valence-electron chi connectivity index (χ0n) is 18.0. The van der Waals surface area contributed by atoms with Gasteiger partial charge in [-0.15, -0.1) is 11.3 Å². The average Bonchev–Trinajstić information content (AvgIpc) is 3.64. The quantitative estimate of drug-likeness (QED) is 0.582. The van der Waals surface area contributed by atoms with Crippen molar-refractivity contribution >= 4 is 34.9 Å². The van der Waals surface area contributed by atoms with Crippen LogP contribution in [-0.4, -0.2) is 46.6 Å². The topological polar surface area (TPSA) is 104 Å². The molecule has 3 aromatic rings. The van der Waals surface area contributed by atoms with Crippen LogP contribution in [-0.2, 0) is 15.1 Å². The van der Waals surface area contributed by atoms with Crippen LogP contribution < -0.4 is 10.1 Å². The van der Waals surface area contributed by atoms with Gasteiger partial charge in [0.05, 0.1) is 18.9 Å². The third-order valence-corrected chi connectivity index (χ3v) is 7.37. The molecule has 3 aliphatic rings. The lowest BCUT2D eigenvalue weighted by Gasteiger charge is -2.33. The number of rotatable bonds is 4. The fourth-order valence-corrected chi connectivity index (χ4v) is 5.57. The van der Waals surface area contributed by atoms with E-state index in [9.17, 15) is 14.4 Å². The number of carbonyl (C=O) groups excluding carboxylic acids is 3. The van der Waals surface area contributed by atoms with Crippen molar-refractivity contribution in [1.82, 2.24) is 15.2 Å². The number of carbonyl (C=O) groups is 3. The Morgan fingerprint density at radius 2 is 2.06 bits per heavy atom. The normalized spacial score (nSPS) is 23.6. The first-order chi connectivity index (χ1) is 16.6. The highest BCUT2D eigenvalue weighted by Crippen LogP contribution is 2.41. The number of fused-ring (bicyclic) bond motifs is 2. The minimum absolute atomic E-state index is 0.286. The number of hydrogen-bond acceptors (Lipinski definition) is 7. The Hall–Kier alpha value is -3.92. The molecule has 1 aromatic carbocycles. The van der Waals surface area contributed by atoms with Crippen molar-refractivity contribution in [2.24, 2.45) is 5.10 Å². The van der Waals surface area contributed by atoms with Crippen LogP contribution in [0.25, 0.3) is 0 Å². The summed E-state index contributed by atoms with van der Waals surface area (Å²) in [5.41, 5.74) is 0.0153. The third-order valence-electron chi connectivity index (χ3n) is 6.39. The summed E-state index contributed by atoms with van der Waals surface area (Å²) in [6.45, 7) is -0.125. The number of para-hydroxylation sites is 1. The van der Waals surface area contributed by atoms with Crippen LogP contribution in [0.15, 0.2) is 69.7 Å². The first-order valence-corrected chi connectivity index (χ1v) is 11.8. The second kappa shape index (κ2) is 7.84. The highest BCUT2D eigenvalue weighted by Gasteiger charge is 2.55. The Morgan fingerprint density at radius 1 is 1.18 bits per heavy atom. The molecule has 1 N–H and O–H groups in total. The minimum atomic E-state index is -1.23. The molecule has 0 aliphatic carbocycles. The Labute approximate surface area is 198 Å². The SMILES string of the molecule is O=C1NC2(CCOc3ccccc32)C(=O)N1CC(=O)N1N=C(c2ccco2)CC1c1cccs1. The zero-order valence-corrected chi connectivity index (χ0v) is 18.8. The summed E-state index contributed by atoms with van der Waals surface area (Å²) >= 11 is 1.52. The molecule has 5 heterocycles. The van der Waals surface area contributed by atoms with E-state index in [1.807, 2.05) is 23.6 Å². The predicted octanol–water partition coefficient (Wildman–Crippen LogP) is 3.25. The highest BCUT2D eigenvalue weighted by molar-refractivity contribution is 7.10. The molecule has 172 valence electrons. The number of amides is 4. The van der Waals surface area contributed by atoms with Gasteiger partial charge < -0.3 is 14.5 Å². The molecule has 2 unspecified atom stereocenters. The van der Waals surface area contributed by atoms with Gasteiger partial charge in [0, 0.05) is 23.3 Å². The van der Waals surface area contributed by atoms with Crippen molar-refractivity contribution in [2.75, 3.05) is 13.2 Å². The molecule has 2 atom stereocenters. The van der Waals surface area contributed by atoms with Crippen molar-refractivity contribution in [3.8, 4) is 5.75 Å². The van der Waals surface area contributed by atoms with E-state index in [1.54, 1.807) is 36.6 Å². The number of urea groups is 1. The number of hydrogen-bond donors (Lipinski definition) is 1. The van der Waals surface area contributed by atoms with Gasteiger partial charge in [-0.05, 0) is 29.6 Å². The van der Waals surface area contributed by atoms with E-state index >= 15 is 0 Å². The molecule has 10 heteroatoms. The summed E-state index contributed by atoms with van der Waals surface area (Å²) in [4.78, 5) is 41.8.